The van der Waals surface area contributed by atoms with Crippen LogP contribution in [0.5, 0.6) is 0 Å². The fraction of sp³-hybridized carbons (Fsp3) is 0.895. The summed E-state index contributed by atoms with van der Waals surface area (Å²) in [5.74, 6) is 1.42. The zero-order valence-electron chi connectivity index (χ0n) is 14.7. The van der Waals surface area contributed by atoms with Crippen LogP contribution in [0.2, 0.25) is 0 Å². The quantitative estimate of drug-likeness (QED) is 0.834. The molecular formula is C19H31N3O2. The molecule has 1 unspecified atom stereocenters. The lowest BCUT2D eigenvalue weighted by atomic mass is 9.84. The third-order valence-electron chi connectivity index (χ3n) is 6.51. The van der Waals surface area contributed by atoms with Crippen LogP contribution in [-0.2, 0) is 9.59 Å². The van der Waals surface area contributed by atoms with Crippen molar-refractivity contribution in [3.63, 3.8) is 0 Å². The van der Waals surface area contributed by atoms with Crippen LogP contribution < -0.4 is 5.32 Å². The molecule has 0 spiro atoms. The predicted molar refractivity (Wildman–Crippen MR) is 92.4 cm³/mol. The second-order valence-corrected chi connectivity index (χ2v) is 8.26. The van der Waals surface area contributed by atoms with E-state index < -0.39 is 0 Å². The fourth-order valence-corrected chi connectivity index (χ4v) is 4.60. The fourth-order valence-electron chi connectivity index (χ4n) is 4.60. The molecular weight excluding hydrogens is 302 g/mol. The molecule has 0 aromatic heterocycles. The Morgan fingerprint density at radius 1 is 0.833 bits per heavy atom. The normalized spacial score (nSPS) is 27.8. The van der Waals surface area contributed by atoms with E-state index in [1.807, 2.05) is 4.90 Å². The SMILES string of the molecule is O=C(NC1CC1)C(C1CCCC1)N1CCN(C(=O)C2CCC2)CC1. The molecule has 24 heavy (non-hydrogen) atoms. The van der Waals surface area contributed by atoms with Crippen molar-refractivity contribution in [2.75, 3.05) is 26.2 Å². The molecule has 5 heteroatoms. The Balaban J connectivity index is 1.36. The van der Waals surface area contributed by atoms with Crippen LogP contribution in [-0.4, -0.2) is 59.9 Å². The van der Waals surface area contributed by atoms with Gasteiger partial charge in [0.15, 0.2) is 0 Å². The summed E-state index contributed by atoms with van der Waals surface area (Å²) in [6, 6.07) is 0.469. The molecule has 1 N–H and O–H groups in total. The first-order valence-electron chi connectivity index (χ1n) is 10.1. The molecule has 1 saturated heterocycles. The van der Waals surface area contributed by atoms with Crippen LogP contribution >= 0.6 is 0 Å². The monoisotopic (exact) mass is 333 g/mol. The van der Waals surface area contributed by atoms with E-state index in [4.69, 9.17) is 0 Å². The lowest BCUT2D eigenvalue weighted by Crippen LogP contribution is -2.58. The largest absolute Gasteiger partial charge is 0.352 e. The highest BCUT2D eigenvalue weighted by molar-refractivity contribution is 5.83. The molecule has 0 bridgehead atoms. The van der Waals surface area contributed by atoms with Crippen molar-refractivity contribution in [1.82, 2.24) is 15.1 Å². The first kappa shape index (κ1) is 16.4. The summed E-state index contributed by atoms with van der Waals surface area (Å²) in [5, 5.41) is 3.24. The molecule has 1 atom stereocenters. The second kappa shape index (κ2) is 7.03. The van der Waals surface area contributed by atoms with Crippen LogP contribution in [0.4, 0.5) is 0 Å². The van der Waals surface area contributed by atoms with Crippen molar-refractivity contribution < 1.29 is 9.59 Å². The Morgan fingerprint density at radius 2 is 1.50 bits per heavy atom. The van der Waals surface area contributed by atoms with Gasteiger partial charge in [-0.25, -0.2) is 0 Å². The Kier molecular flexibility index (Phi) is 4.79. The first-order chi connectivity index (χ1) is 11.7. The van der Waals surface area contributed by atoms with E-state index in [0.717, 1.165) is 51.9 Å². The van der Waals surface area contributed by atoms with Crippen molar-refractivity contribution >= 4 is 11.8 Å². The number of carbonyl (C=O) groups excluding carboxylic acids is 2. The summed E-state index contributed by atoms with van der Waals surface area (Å²) in [5.41, 5.74) is 0. The van der Waals surface area contributed by atoms with Gasteiger partial charge in [0, 0.05) is 38.1 Å². The summed E-state index contributed by atoms with van der Waals surface area (Å²) in [6.45, 7) is 3.32. The van der Waals surface area contributed by atoms with Crippen molar-refractivity contribution in [1.29, 1.82) is 0 Å². The van der Waals surface area contributed by atoms with Gasteiger partial charge in [0.05, 0.1) is 6.04 Å². The number of nitrogens with one attached hydrogen (secondary N) is 1. The smallest absolute Gasteiger partial charge is 0.237 e. The van der Waals surface area contributed by atoms with Gasteiger partial charge in [0.1, 0.15) is 0 Å². The first-order valence-corrected chi connectivity index (χ1v) is 10.1. The molecule has 0 radical (unpaired) electrons. The lowest BCUT2D eigenvalue weighted by molar-refractivity contribution is -0.141. The number of amides is 2. The lowest BCUT2D eigenvalue weighted by Gasteiger charge is -2.42. The number of hydrogen-bond acceptors (Lipinski definition) is 3. The third kappa shape index (κ3) is 3.46. The summed E-state index contributed by atoms with van der Waals surface area (Å²) in [7, 11) is 0. The maximum absolute atomic E-state index is 12.8. The molecule has 0 aromatic rings. The van der Waals surface area contributed by atoms with E-state index in [-0.39, 0.29) is 11.9 Å². The number of nitrogens with zero attached hydrogens (tertiary/aromatic N) is 2. The highest BCUT2D eigenvalue weighted by Gasteiger charge is 2.39. The van der Waals surface area contributed by atoms with Crippen molar-refractivity contribution in [3.05, 3.63) is 0 Å². The van der Waals surface area contributed by atoms with Crippen LogP contribution in [0.25, 0.3) is 0 Å². The maximum Gasteiger partial charge on any atom is 0.237 e. The van der Waals surface area contributed by atoms with E-state index in [9.17, 15) is 9.59 Å². The van der Waals surface area contributed by atoms with Crippen molar-refractivity contribution in [2.45, 2.75) is 69.9 Å². The van der Waals surface area contributed by atoms with Gasteiger partial charge in [0.2, 0.25) is 11.8 Å². The predicted octanol–water partition coefficient (Wildman–Crippen LogP) is 1.77. The van der Waals surface area contributed by atoms with Crippen LogP contribution in [0.1, 0.15) is 57.8 Å². The van der Waals surface area contributed by atoms with Gasteiger partial charge in [-0.2, -0.15) is 0 Å². The average Bonchev–Trinajstić information content (AvgIpc) is 3.18. The van der Waals surface area contributed by atoms with Crippen molar-refractivity contribution in [3.8, 4) is 0 Å². The summed E-state index contributed by atoms with van der Waals surface area (Å²) in [6.07, 6.45) is 10.5. The number of carbonyl (C=O) groups is 2. The summed E-state index contributed by atoms with van der Waals surface area (Å²) >= 11 is 0. The molecule has 2 amide bonds. The Labute approximate surface area is 145 Å². The van der Waals surface area contributed by atoms with Gasteiger partial charge in [-0.3, -0.25) is 14.5 Å². The van der Waals surface area contributed by atoms with E-state index in [2.05, 4.69) is 10.2 Å². The van der Waals surface area contributed by atoms with Crippen LogP contribution in [0.3, 0.4) is 0 Å². The molecule has 4 aliphatic rings. The number of hydrogen-bond donors (Lipinski definition) is 1. The highest BCUT2D eigenvalue weighted by Crippen LogP contribution is 2.33. The minimum Gasteiger partial charge on any atom is -0.352 e. The van der Waals surface area contributed by atoms with E-state index in [0.29, 0.717) is 23.8 Å². The van der Waals surface area contributed by atoms with Gasteiger partial charge < -0.3 is 10.2 Å². The van der Waals surface area contributed by atoms with Crippen LogP contribution in [0.15, 0.2) is 0 Å². The molecule has 3 saturated carbocycles. The van der Waals surface area contributed by atoms with Gasteiger partial charge >= 0.3 is 0 Å². The summed E-state index contributed by atoms with van der Waals surface area (Å²) < 4.78 is 0. The van der Waals surface area contributed by atoms with Gasteiger partial charge in [-0.15, -0.1) is 0 Å². The summed E-state index contributed by atoms with van der Waals surface area (Å²) in [4.78, 5) is 29.7. The van der Waals surface area contributed by atoms with E-state index >= 15 is 0 Å². The van der Waals surface area contributed by atoms with E-state index in [1.54, 1.807) is 0 Å². The Bertz CT molecular complexity index is 473. The zero-order valence-corrected chi connectivity index (χ0v) is 14.7. The van der Waals surface area contributed by atoms with Gasteiger partial charge in [-0.05, 0) is 44.4 Å². The highest BCUT2D eigenvalue weighted by atomic mass is 16.2. The van der Waals surface area contributed by atoms with Crippen molar-refractivity contribution in [2.24, 2.45) is 11.8 Å². The Hall–Kier alpha value is -1.10. The number of rotatable bonds is 5. The molecule has 3 aliphatic carbocycles. The van der Waals surface area contributed by atoms with E-state index in [1.165, 1.54) is 32.1 Å². The average molecular weight is 333 g/mol. The Morgan fingerprint density at radius 3 is 2.04 bits per heavy atom. The molecule has 1 heterocycles. The number of piperazine rings is 1. The standard InChI is InChI=1S/C19H31N3O2/c23-18(20-16-8-9-16)17(14-4-1-2-5-14)21-10-12-22(13-11-21)19(24)15-6-3-7-15/h14-17H,1-13H2,(H,20,23). The molecule has 4 rings (SSSR count). The minimum atomic E-state index is 0.0362. The molecule has 1 aliphatic heterocycles. The molecule has 134 valence electrons. The van der Waals surface area contributed by atoms with Gasteiger partial charge in [0.25, 0.3) is 0 Å². The third-order valence-corrected chi connectivity index (χ3v) is 6.51. The topological polar surface area (TPSA) is 52.7 Å². The van der Waals surface area contributed by atoms with Gasteiger partial charge in [-0.1, -0.05) is 19.3 Å². The molecule has 0 aromatic carbocycles. The maximum atomic E-state index is 12.8. The minimum absolute atomic E-state index is 0.0362. The molecule has 4 fully saturated rings. The zero-order chi connectivity index (χ0) is 16.5. The second-order valence-electron chi connectivity index (χ2n) is 8.26. The van der Waals surface area contributed by atoms with Crippen LogP contribution in [0, 0.1) is 11.8 Å². The molecule has 5 nitrogen and oxygen atoms in total.